The Labute approximate surface area is 175 Å². The Balaban J connectivity index is 2.49. The van der Waals surface area contributed by atoms with Gasteiger partial charge in [0, 0.05) is 31.6 Å². The quantitative estimate of drug-likeness (QED) is 0.576. The van der Waals surface area contributed by atoms with Gasteiger partial charge in [-0.15, -0.1) is 0 Å². The highest BCUT2D eigenvalue weighted by Gasteiger charge is 2.19. The Hall–Kier alpha value is -2.84. The van der Waals surface area contributed by atoms with E-state index in [0.717, 1.165) is 5.69 Å². The van der Waals surface area contributed by atoms with Gasteiger partial charge in [-0.05, 0) is 30.2 Å². The third-order valence-electron chi connectivity index (χ3n) is 4.44. The van der Waals surface area contributed by atoms with Crippen LogP contribution in [0.2, 0.25) is 0 Å². The standard InChI is InChI=1S/C22H28FN3O4/c1-13(2)20-18(10-9-16(27)11-17(28)12-19(29)30)21(25-22(24-20)26(3)4)14-5-7-15(23)8-6-14/h5-10,13,16-17,27-28H,11-12H2,1-4H3,(H,29,30). The molecule has 0 saturated heterocycles. The number of carboxylic acids is 1. The van der Waals surface area contributed by atoms with Crippen molar-refractivity contribution < 1.29 is 24.5 Å². The summed E-state index contributed by atoms with van der Waals surface area (Å²) in [4.78, 5) is 21.7. The number of hydrogen-bond acceptors (Lipinski definition) is 6. The predicted octanol–water partition coefficient (Wildman–Crippen LogP) is 3.07. The zero-order valence-corrected chi connectivity index (χ0v) is 17.6. The lowest BCUT2D eigenvalue weighted by atomic mass is 9.97. The summed E-state index contributed by atoms with van der Waals surface area (Å²) in [5.74, 6) is -0.940. The van der Waals surface area contributed by atoms with Crippen molar-refractivity contribution in [1.29, 1.82) is 0 Å². The highest BCUT2D eigenvalue weighted by atomic mass is 19.1. The van der Waals surface area contributed by atoms with Crippen LogP contribution in [0.15, 0.2) is 30.3 Å². The lowest BCUT2D eigenvalue weighted by molar-refractivity contribution is -0.139. The first-order valence-electron chi connectivity index (χ1n) is 9.69. The van der Waals surface area contributed by atoms with E-state index in [4.69, 9.17) is 5.11 Å². The van der Waals surface area contributed by atoms with Gasteiger partial charge in [-0.1, -0.05) is 26.0 Å². The number of anilines is 1. The number of benzene rings is 1. The first kappa shape index (κ1) is 23.4. The summed E-state index contributed by atoms with van der Waals surface area (Å²) < 4.78 is 13.4. The Bertz CT molecular complexity index is 898. The maximum atomic E-state index is 13.4. The van der Waals surface area contributed by atoms with E-state index in [1.54, 1.807) is 23.1 Å². The highest BCUT2D eigenvalue weighted by Crippen LogP contribution is 2.31. The molecule has 2 rings (SSSR count). The molecule has 3 N–H and O–H groups in total. The smallest absolute Gasteiger partial charge is 0.305 e. The third-order valence-corrected chi connectivity index (χ3v) is 4.44. The number of aliphatic hydroxyl groups is 2. The van der Waals surface area contributed by atoms with Gasteiger partial charge in [0.15, 0.2) is 0 Å². The van der Waals surface area contributed by atoms with Gasteiger partial charge in [-0.3, -0.25) is 4.79 Å². The molecule has 2 unspecified atom stereocenters. The van der Waals surface area contributed by atoms with E-state index in [9.17, 15) is 19.4 Å². The number of rotatable bonds is 9. The minimum atomic E-state index is -1.16. The average molecular weight is 417 g/mol. The van der Waals surface area contributed by atoms with E-state index in [-0.39, 0.29) is 18.2 Å². The molecule has 162 valence electrons. The molecule has 7 nitrogen and oxygen atoms in total. The molecule has 2 atom stereocenters. The summed E-state index contributed by atoms with van der Waals surface area (Å²) >= 11 is 0. The molecule has 0 fully saturated rings. The van der Waals surface area contributed by atoms with Crippen LogP contribution >= 0.6 is 0 Å². The van der Waals surface area contributed by atoms with Gasteiger partial charge >= 0.3 is 5.97 Å². The predicted molar refractivity (Wildman–Crippen MR) is 114 cm³/mol. The molecule has 0 bridgehead atoms. The molecule has 1 aromatic carbocycles. The molecule has 8 heteroatoms. The van der Waals surface area contributed by atoms with Crippen molar-refractivity contribution in [3.8, 4) is 11.3 Å². The second-order valence-corrected chi connectivity index (χ2v) is 7.64. The molecule has 0 aliphatic heterocycles. The van der Waals surface area contributed by atoms with Gasteiger partial charge in [0.1, 0.15) is 5.82 Å². The van der Waals surface area contributed by atoms with Crippen molar-refractivity contribution in [3.63, 3.8) is 0 Å². The first-order chi connectivity index (χ1) is 14.1. The van der Waals surface area contributed by atoms with E-state index >= 15 is 0 Å². The molecule has 2 aromatic rings. The summed E-state index contributed by atoms with van der Waals surface area (Å²) in [5.41, 5.74) is 2.72. The molecule has 0 amide bonds. The number of halogens is 1. The zero-order chi connectivity index (χ0) is 22.4. The van der Waals surface area contributed by atoms with Gasteiger partial charge in [-0.25, -0.2) is 14.4 Å². The van der Waals surface area contributed by atoms with E-state index in [1.165, 1.54) is 18.2 Å². The fourth-order valence-corrected chi connectivity index (χ4v) is 2.96. The molecule has 0 aliphatic rings. The third kappa shape index (κ3) is 6.33. The van der Waals surface area contributed by atoms with Gasteiger partial charge in [-0.2, -0.15) is 0 Å². The van der Waals surface area contributed by atoms with E-state index in [2.05, 4.69) is 9.97 Å². The van der Waals surface area contributed by atoms with Crippen LogP contribution in [0, 0.1) is 5.82 Å². The summed E-state index contributed by atoms with van der Waals surface area (Å²) in [7, 11) is 3.66. The van der Waals surface area contributed by atoms with Crippen LogP contribution in [0.3, 0.4) is 0 Å². The maximum absolute atomic E-state index is 13.4. The number of aromatic nitrogens is 2. The van der Waals surface area contributed by atoms with Crippen molar-refractivity contribution in [2.45, 2.75) is 44.8 Å². The lowest BCUT2D eigenvalue weighted by Gasteiger charge is -2.19. The number of aliphatic hydroxyl groups excluding tert-OH is 2. The Morgan fingerprint density at radius 3 is 2.33 bits per heavy atom. The number of carbonyl (C=O) groups is 1. The fourth-order valence-electron chi connectivity index (χ4n) is 2.96. The number of carboxylic acid groups (broad SMARTS) is 1. The van der Waals surface area contributed by atoms with Gasteiger partial charge in [0.25, 0.3) is 0 Å². The average Bonchev–Trinajstić information content (AvgIpc) is 2.65. The molecule has 1 heterocycles. The molecule has 0 spiro atoms. The molecule has 0 aliphatic carbocycles. The maximum Gasteiger partial charge on any atom is 0.305 e. The van der Waals surface area contributed by atoms with Gasteiger partial charge in [0.2, 0.25) is 5.95 Å². The summed E-state index contributed by atoms with van der Waals surface area (Å²) in [6.45, 7) is 3.97. The first-order valence-corrected chi connectivity index (χ1v) is 9.69. The van der Waals surface area contributed by atoms with Crippen molar-refractivity contribution in [2.75, 3.05) is 19.0 Å². The lowest BCUT2D eigenvalue weighted by Crippen LogP contribution is -2.19. The fraction of sp³-hybridized carbons (Fsp3) is 0.409. The van der Waals surface area contributed by atoms with Crippen molar-refractivity contribution in [2.24, 2.45) is 0 Å². The number of nitrogens with zero attached hydrogens (tertiary/aromatic N) is 3. The number of hydrogen-bond donors (Lipinski definition) is 3. The molecule has 0 saturated carbocycles. The highest BCUT2D eigenvalue weighted by molar-refractivity contribution is 5.75. The van der Waals surface area contributed by atoms with Crippen molar-refractivity contribution in [3.05, 3.63) is 47.4 Å². The van der Waals surface area contributed by atoms with Crippen LogP contribution in [0.4, 0.5) is 10.3 Å². The largest absolute Gasteiger partial charge is 0.481 e. The minimum absolute atomic E-state index is 0.0419. The summed E-state index contributed by atoms with van der Waals surface area (Å²) in [6.07, 6.45) is 0.403. The molecule has 1 aromatic heterocycles. The monoisotopic (exact) mass is 417 g/mol. The van der Waals surface area contributed by atoms with E-state index < -0.39 is 24.6 Å². The Morgan fingerprint density at radius 1 is 1.17 bits per heavy atom. The second kappa shape index (κ2) is 10.3. The zero-order valence-electron chi connectivity index (χ0n) is 17.6. The topological polar surface area (TPSA) is 107 Å². The summed E-state index contributed by atoms with van der Waals surface area (Å²) in [6, 6.07) is 5.97. The Kier molecular flexibility index (Phi) is 8.02. The van der Waals surface area contributed by atoms with Crippen LogP contribution in [-0.4, -0.2) is 57.6 Å². The second-order valence-electron chi connectivity index (χ2n) is 7.64. The normalized spacial score (nSPS) is 13.6. The number of aliphatic carboxylic acids is 1. The van der Waals surface area contributed by atoms with Gasteiger partial charge in [0.05, 0.1) is 30.0 Å². The van der Waals surface area contributed by atoms with Crippen LogP contribution < -0.4 is 4.90 Å². The summed E-state index contributed by atoms with van der Waals surface area (Å²) in [5, 5.41) is 28.7. The molecule has 30 heavy (non-hydrogen) atoms. The molecular weight excluding hydrogens is 389 g/mol. The SMILES string of the molecule is CC(C)c1nc(N(C)C)nc(-c2ccc(F)cc2)c1C=CC(O)CC(O)CC(=O)O. The van der Waals surface area contributed by atoms with Crippen LogP contribution in [-0.2, 0) is 4.79 Å². The van der Waals surface area contributed by atoms with Gasteiger partial charge < -0.3 is 20.2 Å². The molecular formula is C22H28FN3O4. The van der Waals surface area contributed by atoms with Crippen molar-refractivity contribution >= 4 is 18.0 Å². The van der Waals surface area contributed by atoms with E-state index in [1.807, 2.05) is 27.9 Å². The van der Waals surface area contributed by atoms with Crippen LogP contribution in [0.5, 0.6) is 0 Å². The Morgan fingerprint density at radius 2 is 1.80 bits per heavy atom. The van der Waals surface area contributed by atoms with Crippen LogP contribution in [0.25, 0.3) is 17.3 Å². The minimum Gasteiger partial charge on any atom is -0.481 e. The van der Waals surface area contributed by atoms with E-state index in [0.29, 0.717) is 22.8 Å². The molecule has 0 radical (unpaired) electrons. The van der Waals surface area contributed by atoms with Crippen molar-refractivity contribution in [1.82, 2.24) is 9.97 Å². The van der Waals surface area contributed by atoms with Crippen LogP contribution in [0.1, 0.15) is 43.9 Å².